The summed E-state index contributed by atoms with van der Waals surface area (Å²) in [4.78, 5) is 77.5. The van der Waals surface area contributed by atoms with E-state index in [1.165, 1.54) is 16.8 Å². The van der Waals surface area contributed by atoms with E-state index in [0.29, 0.717) is 49.7 Å². The Hall–Kier alpha value is -5.60. The summed E-state index contributed by atoms with van der Waals surface area (Å²) in [5.41, 5.74) is 2.46. The van der Waals surface area contributed by atoms with Crippen LogP contribution in [0.2, 0.25) is 0 Å². The molecule has 1 spiro atoms. The molecule has 57 heavy (non-hydrogen) atoms. The number of aromatic nitrogens is 4. The van der Waals surface area contributed by atoms with E-state index in [1.807, 2.05) is 37.1 Å². The van der Waals surface area contributed by atoms with Crippen LogP contribution in [0.15, 0.2) is 59.9 Å². The van der Waals surface area contributed by atoms with Crippen LogP contribution in [0.1, 0.15) is 105 Å². The van der Waals surface area contributed by atoms with E-state index in [2.05, 4.69) is 20.5 Å². The highest BCUT2D eigenvalue weighted by Gasteiger charge is 2.53. The number of hydrogen-bond donors (Lipinski definition) is 2. The molecule has 0 radical (unpaired) electrons. The largest absolute Gasteiger partial charge is 0.490 e. The number of likely N-dealkylation sites (tertiary alicyclic amines) is 1. The van der Waals surface area contributed by atoms with E-state index in [4.69, 9.17) is 9.72 Å². The first kappa shape index (κ1) is 37.0. The number of piperidine rings is 2. The standard InChI is InChI=1S/C42H47FN8O6/c1-24(2)57-34-16-36-45-32(21-49(36)20-29(34)40(55)46-31-4-3-11-51(41(31)56)33-15-30(33)43)26-9-12-48(13-10-26)38(53)14-25-17-42(18-25)22-50(23-42)35-7-5-27(19-44-35)28-6-8-37(52)47-39(28)54/h3-5,7,11,16,19-21,24-26,28,30,33H,6,8-10,12-15,17-18,22-23H2,1-2H3,(H,46,55)(H,47,52,54)/t28?,30-,33+/m1/s1. The van der Waals surface area contributed by atoms with Crippen molar-refractivity contribution in [2.45, 2.75) is 95.4 Å². The van der Waals surface area contributed by atoms with Gasteiger partial charge in [-0.3, -0.25) is 29.3 Å². The highest BCUT2D eigenvalue weighted by molar-refractivity contribution is 6.06. The van der Waals surface area contributed by atoms with Crippen molar-refractivity contribution in [3.63, 3.8) is 0 Å². The van der Waals surface area contributed by atoms with E-state index < -0.39 is 23.7 Å². The molecule has 0 bridgehead atoms. The molecule has 3 aliphatic heterocycles. The molecule has 9 rings (SSSR count). The van der Waals surface area contributed by atoms with Gasteiger partial charge in [0.2, 0.25) is 17.7 Å². The number of imidazole rings is 1. The fraction of sp³-hybridized carbons (Fsp3) is 0.500. The minimum atomic E-state index is -1.06. The molecule has 2 N–H and O–H groups in total. The van der Waals surface area contributed by atoms with E-state index in [9.17, 15) is 28.4 Å². The zero-order chi connectivity index (χ0) is 39.6. The zero-order valence-corrected chi connectivity index (χ0v) is 32.2. The van der Waals surface area contributed by atoms with Crippen molar-refractivity contribution in [3.05, 3.63) is 82.3 Å². The second-order valence-corrected chi connectivity index (χ2v) is 17.0. The van der Waals surface area contributed by atoms with Gasteiger partial charge in [0, 0.05) is 87.6 Å². The number of nitrogens with one attached hydrogen (secondary N) is 2. The molecule has 2 saturated carbocycles. The SMILES string of the molecule is CC(C)Oc1cc2nc(C3CCN(C(=O)CC4CC5(C4)CN(c4ccc(C6CCC(=O)NC6=O)cn4)C5)CC3)cn2cc1C(=O)Nc1cccn([C@H]2C[C@H]2F)c1=O. The predicted octanol–water partition coefficient (Wildman–Crippen LogP) is 4.75. The van der Waals surface area contributed by atoms with Crippen molar-refractivity contribution >= 4 is 40.8 Å². The molecule has 0 aromatic carbocycles. The number of fused-ring (bicyclic) bond motifs is 1. The second kappa shape index (κ2) is 14.4. The minimum absolute atomic E-state index is 0.0709. The third kappa shape index (κ3) is 7.27. The van der Waals surface area contributed by atoms with Gasteiger partial charge in [0.15, 0.2) is 0 Å². The van der Waals surface area contributed by atoms with Gasteiger partial charge in [-0.25, -0.2) is 14.4 Å². The molecule has 4 aromatic heterocycles. The van der Waals surface area contributed by atoms with Crippen LogP contribution in [0.25, 0.3) is 5.65 Å². The molecule has 15 heteroatoms. The molecular weight excluding hydrogens is 732 g/mol. The molecule has 5 fully saturated rings. The lowest BCUT2D eigenvalue weighted by molar-refractivity contribution is -0.136. The average molecular weight is 779 g/mol. The summed E-state index contributed by atoms with van der Waals surface area (Å²) in [6.07, 6.45) is 11.0. The Morgan fingerprint density at radius 3 is 2.53 bits per heavy atom. The Labute approximate surface area is 328 Å². The van der Waals surface area contributed by atoms with Gasteiger partial charge >= 0.3 is 0 Å². The lowest BCUT2D eigenvalue weighted by Gasteiger charge is -2.59. The summed E-state index contributed by atoms with van der Waals surface area (Å²) >= 11 is 0. The summed E-state index contributed by atoms with van der Waals surface area (Å²) in [5, 5.41) is 5.13. The number of carbonyl (C=O) groups excluding carboxylic acids is 4. The van der Waals surface area contributed by atoms with Crippen molar-refractivity contribution in [1.29, 1.82) is 0 Å². The monoisotopic (exact) mass is 778 g/mol. The summed E-state index contributed by atoms with van der Waals surface area (Å²) in [7, 11) is 0. The van der Waals surface area contributed by atoms with Crippen LogP contribution in [-0.4, -0.2) is 85.9 Å². The first-order valence-electron chi connectivity index (χ1n) is 20.1. The summed E-state index contributed by atoms with van der Waals surface area (Å²) in [6.45, 7) is 6.90. The number of hydrogen-bond acceptors (Lipinski definition) is 9. The molecule has 2 aliphatic carbocycles. The van der Waals surface area contributed by atoms with Crippen LogP contribution in [0, 0.1) is 11.3 Å². The molecule has 7 heterocycles. The number of anilines is 2. The molecule has 5 aliphatic rings. The summed E-state index contributed by atoms with van der Waals surface area (Å²) < 4.78 is 22.9. The van der Waals surface area contributed by atoms with Gasteiger partial charge in [0.1, 0.15) is 29.1 Å². The normalized spacial score (nSPS) is 23.3. The second-order valence-electron chi connectivity index (χ2n) is 17.0. The maximum absolute atomic E-state index is 13.7. The fourth-order valence-corrected chi connectivity index (χ4v) is 9.35. The third-order valence-corrected chi connectivity index (χ3v) is 12.4. The summed E-state index contributed by atoms with van der Waals surface area (Å²) in [5.74, 6) is 0.661. The number of pyridine rings is 3. The number of amides is 4. The van der Waals surface area contributed by atoms with Gasteiger partial charge in [-0.15, -0.1) is 0 Å². The number of halogens is 1. The van der Waals surface area contributed by atoms with Gasteiger partial charge in [0.05, 0.1) is 29.3 Å². The summed E-state index contributed by atoms with van der Waals surface area (Å²) in [6, 6.07) is 8.28. The predicted molar refractivity (Wildman–Crippen MR) is 208 cm³/mol. The first-order chi connectivity index (χ1) is 27.4. The lowest BCUT2D eigenvalue weighted by atomic mass is 9.57. The maximum Gasteiger partial charge on any atom is 0.274 e. The Morgan fingerprint density at radius 2 is 1.84 bits per heavy atom. The van der Waals surface area contributed by atoms with E-state index in [-0.39, 0.29) is 58.7 Å². The zero-order valence-electron chi connectivity index (χ0n) is 32.2. The topological polar surface area (TPSA) is 160 Å². The van der Waals surface area contributed by atoms with Crippen molar-refractivity contribution in [2.24, 2.45) is 11.3 Å². The molecular formula is C42H47FN8O6. The lowest BCUT2D eigenvalue weighted by Crippen LogP contribution is -2.63. The van der Waals surface area contributed by atoms with Crippen molar-refractivity contribution < 1.29 is 28.3 Å². The number of alkyl halides is 1. The highest BCUT2D eigenvalue weighted by atomic mass is 19.1. The van der Waals surface area contributed by atoms with Crippen LogP contribution < -0.4 is 25.8 Å². The Kier molecular flexibility index (Phi) is 9.35. The molecule has 3 saturated heterocycles. The third-order valence-electron chi connectivity index (χ3n) is 12.4. The molecule has 1 unspecified atom stereocenters. The van der Waals surface area contributed by atoms with Crippen molar-refractivity contribution in [1.82, 2.24) is 29.2 Å². The maximum atomic E-state index is 13.7. The molecule has 298 valence electrons. The van der Waals surface area contributed by atoms with Gasteiger partial charge in [-0.2, -0.15) is 0 Å². The van der Waals surface area contributed by atoms with Crippen LogP contribution in [0.3, 0.4) is 0 Å². The van der Waals surface area contributed by atoms with E-state index >= 15 is 0 Å². The minimum Gasteiger partial charge on any atom is -0.490 e. The van der Waals surface area contributed by atoms with Gasteiger partial charge in [0.25, 0.3) is 11.5 Å². The quantitative estimate of drug-likeness (QED) is 0.217. The molecule has 4 amide bonds. The molecule has 14 nitrogen and oxygen atoms in total. The van der Waals surface area contributed by atoms with E-state index in [0.717, 1.165) is 55.8 Å². The first-order valence-corrected chi connectivity index (χ1v) is 20.1. The number of rotatable bonds is 10. The Bertz CT molecular complexity index is 2300. The van der Waals surface area contributed by atoms with Gasteiger partial charge in [-0.05, 0) is 75.6 Å². The highest BCUT2D eigenvalue weighted by Crippen LogP contribution is 2.54. The molecule has 3 atom stereocenters. The smallest absolute Gasteiger partial charge is 0.274 e. The van der Waals surface area contributed by atoms with Crippen LogP contribution >= 0.6 is 0 Å². The Morgan fingerprint density at radius 1 is 1.07 bits per heavy atom. The molecule has 4 aromatic rings. The van der Waals surface area contributed by atoms with Crippen molar-refractivity contribution in [2.75, 3.05) is 36.4 Å². The van der Waals surface area contributed by atoms with E-state index in [1.54, 1.807) is 28.9 Å². The average Bonchev–Trinajstić information content (AvgIpc) is 3.73. The van der Waals surface area contributed by atoms with Crippen molar-refractivity contribution in [3.8, 4) is 5.75 Å². The van der Waals surface area contributed by atoms with Crippen LogP contribution in [0.4, 0.5) is 15.9 Å². The number of ether oxygens (including phenoxy) is 1. The van der Waals surface area contributed by atoms with Gasteiger partial charge in [-0.1, -0.05) is 6.07 Å². The van der Waals surface area contributed by atoms with Crippen LogP contribution in [-0.2, 0) is 14.4 Å². The fourth-order valence-electron chi connectivity index (χ4n) is 9.35. The number of imide groups is 1. The van der Waals surface area contributed by atoms with Gasteiger partial charge < -0.3 is 28.8 Å². The Balaban J connectivity index is 0.771. The van der Waals surface area contributed by atoms with Crippen LogP contribution in [0.5, 0.6) is 5.75 Å². The number of nitrogens with zero attached hydrogens (tertiary/aromatic N) is 6. The number of carbonyl (C=O) groups is 4.